The number of benzene rings is 1. The first-order chi connectivity index (χ1) is 11.2. The van der Waals surface area contributed by atoms with E-state index in [0.29, 0.717) is 12.4 Å². The second-order valence-electron chi connectivity index (χ2n) is 5.25. The van der Waals surface area contributed by atoms with Crippen LogP contribution in [-0.4, -0.2) is 27.1 Å². The van der Waals surface area contributed by atoms with Crippen molar-refractivity contribution in [1.82, 2.24) is 19.9 Å². The van der Waals surface area contributed by atoms with Gasteiger partial charge in [0.2, 0.25) is 5.91 Å². The Hall–Kier alpha value is -2.73. The third-order valence-corrected chi connectivity index (χ3v) is 3.45. The van der Waals surface area contributed by atoms with Crippen molar-refractivity contribution >= 4 is 11.6 Å². The minimum absolute atomic E-state index is 0.00989. The highest BCUT2D eigenvalue weighted by Crippen LogP contribution is 2.11. The number of carbonyl (C=O) groups excluding carboxylic acids is 1. The van der Waals surface area contributed by atoms with E-state index in [9.17, 15) is 4.79 Å². The standard InChI is InChI=1S/C17H18N4O2/c1-13(17-20-19-15-9-5-6-10-21(15)17)18-16(22)12-23-11-14-7-3-2-4-8-14/h2-10,13H,11-12H2,1H3,(H,18,22). The summed E-state index contributed by atoms with van der Waals surface area (Å²) in [5.74, 6) is 0.512. The number of amides is 1. The number of hydrogen-bond acceptors (Lipinski definition) is 4. The van der Waals surface area contributed by atoms with Gasteiger partial charge in [-0.25, -0.2) is 0 Å². The van der Waals surface area contributed by atoms with Crippen molar-refractivity contribution in [3.8, 4) is 0 Å². The molecule has 0 radical (unpaired) electrons. The summed E-state index contributed by atoms with van der Waals surface area (Å²) in [6, 6.07) is 15.2. The predicted molar refractivity (Wildman–Crippen MR) is 85.6 cm³/mol. The molecular formula is C17H18N4O2. The SMILES string of the molecule is CC(NC(=O)COCc1ccccc1)c1nnc2ccccn12. The number of nitrogens with one attached hydrogen (secondary N) is 1. The normalized spacial score (nSPS) is 12.2. The van der Waals surface area contributed by atoms with Crippen molar-refractivity contribution < 1.29 is 9.53 Å². The lowest BCUT2D eigenvalue weighted by Crippen LogP contribution is -2.31. The fourth-order valence-corrected chi connectivity index (χ4v) is 2.34. The van der Waals surface area contributed by atoms with Crippen molar-refractivity contribution in [1.29, 1.82) is 0 Å². The Kier molecular flexibility index (Phi) is 4.63. The van der Waals surface area contributed by atoms with Gasteiger partial charge in [0, 0.05) is 6.20 Å². The van der Waals surface area contributed by atoms with E-state index >= 15 is 0 Å². The van der Waals surface area contributed by atoms with Crippen molar-refractivity contribution in [3.63, 3.8) is 0 Å². The molecule has 2 aromatic heterocycles. The van der Waals surface area contributed by atoms with Crippen LogP contribution in [0, 0.1) is 0 Å². The maximum Gasteiger partial charge on any atom is 0.246 e. The molecule has 1 unspecified atom stereocenters. The first-order valence-corrected chi connectivity index (χ1v) is 7.45. The molecule has 0 aliphatic heterocycles. The third-order valence-electron chi connectivity index (χ3n) is 3.45. The Morgan fingerprint density at radius 3 is 2.78 bits per heavy atom. The van der Waals surface area contributed by atoms with Gasteiger partial charge in [0.15, 0.2) is 11.5 Å². The Bertz CT molecular complexity index is 785. The fraction of sp³-hybridized carbons (Fsp3) is 0.235. The molecule has 6 heteroatoms. The summed E-state index contributed by atoms with van der Waals surface area (Å²) in [5.41, 5.74) is 1.79. The first-order valence-electron chi connectivity index (χ1n) is 7.45. The lowest BCUT2D eigenvalue weighted by atomic mass is 10.2. The largest absolute Gasteiger partial charge is 0.367 e. The van der Waals surface area contributed by atoms with Crippen LogP contribution in [0.4, 0.5) is 0 Å². The molecule has 23 heavy (non-hydrogen) atoms. The molecular weight excluding hydrogens is 292 g/mol. The van der Waals surface area contributed by atoms with Crippen LogP contribution in [0.1, 0.15) is 24.4 Å². The second kappa shape index (κ2) is 7.02. The molecule has 1 aromatic carbocycles. The zero-order valence-corrected chi connectivity index (χ0v) is 12.8. The molecule has 1 amide bonds. The Labute approximate surface area is 134 Å². The molecule has 3 aromatic rings. The quantitative estimate of drug-likeness (QED) is 0.757. The molecule has 0 aliphatic rings. The zero-order chi connectivity index (χ0) is 16.1. The van der Waals surface area contributed by atoms with Crippen molar-refractivity contribution in [2.45, 2.75) is 19.6 Å². The molecule has 6 nitrogen and oxygen atoms in total. The van der Waals surface area contributed by atoms with E-state index in [1.54, 1.807) is 0 Å². The van der Waals surface area contributed by atoms with E-state index in [0.717, 1.165) is 11.2 Å². The number of pyridine rings is 1. The van der Waals surface area contributed by atoms with Crippen LogP contribution in [0.25, 0.3) is 5.65 Å². The number of rotatable bonds is 6. The molecule has 118 valence electrons. The lowest BCUT2D eigenvalue weighted by Gasteiger charge is -2.12. The molecule has 1 N–H and O–H groups in total. The van der Waals surface area contributed by atoms with Gasteiger partial charge in [-0.3, -0.25) is 9.20 Å². The van der Waals surface area contributed by atoms with Gasteiger partial charge in [0.05, 0.1) is 12.6 Å². The van der Waals surface area contributed by atoms with Crippen molar-refractivity contribution in [3.05, 3.63) is 66.1 Å². The second-order valence-corrected chi connectivity index (χ2v) is 5.25. The Balaban J connectivity index is 1.53. The molecule has 0 saturated carbocycles. The Morgan fingerprint density at radius 1 is 1.17 bits per heavy atom. The summed E-state index contributed by atoms with van der Waals surface area (Å²) in [6.45, 7) is 2.30. The lowest BCUT2D eigenvalue weighted by molar-refractivity contribution is -0.126. The van der Waals surface area contributed by atoms with Gasteiger partial charge in [-0.05, 0) is 24.6 Å². The Morgan fingerprint density at radius 2 is 1.96 bits per heavy atom. The van der Waals surface area contributed by atoms with Crippen LogP contribution in [-0.2, 0) is 16.1 Å². The maximum atomic E-state index is 12.0. The summed E-state index contributed by atoms with van der Waals surface area (Å²) < 4.78 is 7.29. The molecule has 0 bridgehead atoms. The smallest absolute Gasteiger partial charge is 0.246 e. The number of fused-ring (bicyclic) bond motifs is 1. The van der Waals surface area contributed by atoms with Gasteiger partial charge in [-0.15, -0.1) is 10.2 Å². The van der Waals surface area contributed by atoms with Gasteiger partial charge < -0.3 is 10.1 Å². The highest BCUT2D eigenvalue weighted by molar-refractivity contribution is 5.77. The van der Waals surface area contributed by atoms with Crippen molar-refractivity contribution in [2.24, 2.45) is 0 Å². The minimum Gasteiger partial charge on any atom is -0.367 e. The van der Waals surface area contributed by atoms with Gasteiger partial charge in [0.25, 0.3) is 0 Å². The summed E-state index contributed by atoms with van der Waals surface area (Å²) >= 11 is 0. The van der Waals surface area contributed by atoms with Crippen LogP contribution in [0.5, 0.6) is 0 Å². The van der Waals surface area contributed by atoms with Gasteiger partial charge in [-0.2, -0.15) is 0 Å². The van der Waals surface area contributed by atoms with E-state index in [1.807, 2.05) is 66.1 Å². The van der Waals surface area contributed by atoms with Gasteiger partial charge >= 0.3 is 0 Å². The van der Waals surface area contributed by atoms with Crippen LogP contribution in [0.15, 0.2) is 54.7 Å². The zero-order valence-electron chi connectivity index (χ0n) is 12.8. The number of hydrogen-bond donors (Lipinski definition) is 1. The number of aromatic nitrogens is 3. The predicted octanol–water partition coefficient (Wildman–Crippen LogP) is 2.12. The summed E-state index contributed by atoms with van der Waals surface area (Å²) in [6.07, 6.45) is 1.87. The number of nitrogens with zero attached hydrogens (tertiary/aromatic N) is 3. The summed E-state index contributed by atoms with van der Waals surface area (Å²) in [7, 11) is 0. The molecule has 0 fully saturated rings. The average molecular weight is 310 g/mol. The first kappa shape index (κ1) is 15.2. The van der Waals surface area contributed by atoms with E-state index in [-0.39, 0.29) is 18.6 Å². The molecule has 2 heterocycles. The number of carbonyl (C=O) groups is 1. The highest BCUT2D eigenvalue weighted by atomic mass is 16.5. The molecule has 3 rings (SSSR count). The van der Waals surface area contributed by atoms with Gasteiger partial charge in [-0.1, -0.05) is 36.4 Å². The van der Waals surface area contributed by atoms with Crippen LogP contribution in [0.2, 0.25) is 0 Å². The van der Waals surface area contributed by atoms with Crippen LogP contribution in [0.3, 0.4) is 0 Å². The fourth-order valence-electron chi connectivity index (χ4n) is 2.34. The molecule has 0 saturated heterocycles. The molecule has 1 atom stereocenters. The minimum atomic E-state index is -0.250. The number of ether oxygens (including phenoxy) is 1. The van der Waals surface area contributed by atoms with Crippen LogP contribution >= 0.6 is 0 Å². The van der Waals surface area contributed by atoms with Crippen LogP contribution < -0.4 is 5.32 Å². The van der Waals surface area contributed by atoms with E-state index in [2.05, 4.69) is 15.5 Å². The van der Waals surface area contributed by atoms with Crippen molar-refractivity contribution in [2.75, 3.05) is 6.61 Å². The van der Waals surface area contributed by atoms with Gasteiger partial charge in [0.1, 0.15) is 6.61 Å². The molecule has 0 aliphatic carbocycles. The summed E-state index contributed by atoms with van der Waals surface area (Å²) in [5, 5.41) is 11.1. The summed E-state index contributed by atoms with van der Waals surface area (Å²) in [4.78, 5) is 12.0. The molecule has 0 spiro atoms. The van der Waals surface area contributed by atoms with E-state index < -0.39 is 0 Å². The van der Waals surface area contributed by atoms with E-state index in [4.69, 9.17) is 4.74 Å². The third kappa shape index (κ3) is 3.73. The maximum absolute atomic E-state index is 12.0. The highest BCUT2D eigenvalue weighted by Gasteiger charge is 2.15. The van der Waals surface area contributed by atoms with E-state index in [1.165, 1.54) is 0 Å². The monoisotopic (exact) mass is 310 g/mol. The average Bonchev–Trinajstić information content (AvgIpc) is 3.00. The topological polar surface area (TPSA) is 68.5 Å².